The number of para-hydroxylation sites is 3. The van der Waals surface area contributed by atoms with E-state index in [9.17, 15) is 0 Å². The number of rotatable bonds is 4. The zero-order chi connectivity index (χ0) is 79.9. The Morgan fingerprint density at radius 1 is 0.202 bits per heavy atom. The summed E-state index contributed by atoms with van der Waals surface area (Å²) in [4.78, 5) is 62.2. The molecule has 10 aromatic heterocycles. The third kappa shape index (κ3) is 26.6. The number of nitrogens with zero attached hydrogens (tertiary/aromatic N) is 15. The van der Waals surface area contributed by atoms with E-state index in [-0.39, 0.29) is 0 Å². The molecule has 0 bridgehead atoms. The molecule has 0 saturated heterocycles. The lowest BCUT2D eigenvalue weighted by molar-refractivity contribution is 0.974. The molecule has 19 aromatic rings. The molecule has 15 nitrogen and oxygen atoms in total. The standard InChI is InChI=1S/C16H13N.C15H12N2.C12H11N.C11H10N2.3C10H9N.C6H7N.C5H6N2.C4H5N3/c1-12-11-16(13-7-3-2-4-8-13)17-15-10-6-5-9-14(12)15;1-11-16-14-10-6-5-9-13(14)15(17-11)12-7-3-2-4-8-12;1-10-6-5-9-12(13-10)11-7-3-2-4-8-11;1-9-12-8-7-11(13-9)10-5-3-2-4-6-10;1-8-4-2-6-10-9(8)5-3-7-11-10;1-8-4-5-10-9(7-8)3-2-6-11-10;1-8-6-7-9-4-2-3-5-10(9)11-8;1-6-4-2-3-5-7-6;1-5-6-3-2-4-7-5;1-4-6-2-5-3-7-4/h2-11H,1H3;2-10H,1H3;2-9H,1H3;2-8H,1H3;3*2-7H,1H3;2-5H,1H3;2-4H,1H3;2-3H,1H3. The van der Waals surface area contributed by atoms with Crippen LogP contribution in [0.1, 0.15) is 57.1 Å². The van der Waals surface area contributed by atoms with Gasteiger partial charge in [0, 0.05) is 103 Å². The third-order valence-corrected chi connectivity index (χ3v) is 17.0. The largest absolute Gasteiger partial charge is 0.262 e. The lowest BCUT2D eigenvalue weighted by Crippen LogP contribution is -1.93. The third-order valence-electron chi connectivity index (χ3n) is 17.0. The molecule has 0 fully saturated rings. The van der Waals surface area contributed by atoms with E-state index in [2.05, 4.69) is 200 Å². The van der Waals surface area contributed by atoms with Crippen LogP contribution in [0.5, 0.6) is 0 Å². The maximum absolute atomic E-state index is 4.71. The summed E-state index contributed by atoms with van der Waals surface area (Å²) in [6.07, 6.45) is 13.6. The molecule has 0 spiro atoms. The van der Waals surface area contributed by atoms with Crippen molar-refractivity contribution >= 4 is 54.5 Å². The Labute approximate surface area is 668 Å². The average Bonchev–Trinajstić information content (AvgIpc) is 0.796. The van der Waals surface area contributed by atoms with E-state index in [4.69, 9.17) is 4.98 Å². The summed E-state index contributed by atoms with van der Waals surface area (Å²) in [6, 6.07) is 108. The van der Waals surface area contributed by atoms with Gasteiger partial charge in [-0.15, -0.1) is 0 Å². The second-order valence-electron chi connectivity index (χ2n) is 26.0. The molecule has 0 aliphatic rings. The minimum absolute atomic E-state index is 0.759. The van der Waals surface area contributed by atoms with Gasteiger partial charge in [0.15, 0.2) is 0 Å². The Morgan fingerprint density at radius 3 is 1.27 bits per heavy atom. The first kappa shape index (κ1) is 81.9. The molecule has 0 N–H and O–H groups in total. The normalized spacial score (nSPS) is 10.0. The van der Waals surface area contributed by atoms with Gasteiger partial charge in [-0.3, -0.25) is 24.9 Å². The number of fused-ring (bicyclic) bond motifs is 5. The molecule has 19 rings (SSSR count). The van der Waals surface area contributed by atoms with E-state index in [1.165, 1.54) is 62.0 Å². The van der Waals surface area contributed by atoms with Crippen LogP contribution in [0.4, 0.5) is 0 Å². The van der Waals surface area contributed by atoms with Crippen LogP contribution < -0.4 is 0 Å². The number of benzene rings is 9. The summed E-state index contributed by atoms with van der Waals surface area (Å²) < 4.78 is 0. The highest BCUT2D eigenvalue weighted by molar-refractivity contribution is 5.92. The van der Waals surface area contributed by atoms with Crippen LogP contribution in [0.15, 0.2) is 371 Å². The van der Waals surface area contributed by atoms with Gasteiger partial charge in [0.1, 0.15) is 36.0 Å². The topological polar surface area (TPSA) is 193 Å². The van der Waals surface area contributed by atoms with Gasteiger partial charge in [0.05, 0.1) is 50.4 Å². The van der Waals surface area contributed by atoms with E-state index in [0.29, 0.717) is 0 Å². The maximum atomic E-state index is 4.71. The summed E-state index contributed by atoms with van der Waals surface area (Å²) in [5.74, 6) is 3.20. The highest BCUT2D eigenvalue weighted by Crippen LogP contribution is 2.27. The van der Waals surface area contributed by atoms with Crippen LogP contribution in [0, 0.1) is 69.2 Å². The number of aromatic nitrogens is 15. The van der Waals surface area contributed by atoms with E-state index < -0.39 is 0 Å². The lowest BCUT2D eigenvalue weighted by Gasteiger charge is -2.06. The van der Waals surface area contributed by atoms with Crippen molar-refractivity contribution in [2.75, 3.05) is 0 Å². The molecule has 0 aliphatic carbocycles. The van der Waals surface area contributed by atoms with Crippen LogP contribution in [0.25, 0.3) is 99.5 Å². The average molecular weight is 1490 g/mol. The smallest absolute Gasteiger partial charge is 0.128 e. The summed E-state index contributed by atoms with van der Waals surface area (Å²) in [5, 5.41) is 6.00. The highest BCUT2D eigenvalue weighted by atomic mass is 15.0. The summed E-state index contributed by atoms with van der Waals surface area (Å²) in [6.45, 7) is 19.8. The molecule has 114 heavy (non-hydrogen) atoms. The van der Waals surface area contributed by atoms with Crippen LogP contribution in [0.3, 0.4) is 0 Å². The molecule has 0 saturated carbocycles. The minimum Gasteiger partial charge on any atom is -0.262 e. The zero-order valence-corrected chi connectivity index (χ0v) is 65.9. The summed E-state index contributed by atoms with van der Waals surface area (Å²) in [5.41, 5.74) is 21.0. The molecule has 0 radical (unpaired) electrons. The predicted molar refractivity (Wildman–Crippen MR) is 468 cm³/mol. The van der Waals surface area contributed by atoms with Crippen molar-refractivity contribution in [3.05, 3.63) is 428 Å². The first-order valence-electron chi connectivity index (χ1n) is 37.4. The van der Waals surface area contributed by atoms with Crippen molar-refractivity contribution in [2.24, 2.45) is 0 Å². The van der Waals surface area contributed by atoms with Crippen LogP contribution in [0.2, 0.25) is 0 Å². The minimum atomic E-state index is 0.759. The molecule has 10 heterocycles. The van der Waals surface area contributed by atoms with Crippen molar-refractivity contribution in [3.8, 4) is 45.0 Å². The summed E-state index contributed by atoms with van der Waals surface area (Å²) in [7, 11) is 0. The van der Waals surface area contributed by atoms with Gasteiger partial charge in [-0.1, -0.05) is 230 Å². The first-order chi connectivity index (χ1) is 55.7. The molecule has 0 aliphatic heterocycles. The first-order valence-corrected chi connectivity index (χ1v) is 37.4. The van der Waals surface area contributed by atoms with E-state index in [0.717, 1.165) is 107 Å². The fourth-order valence-corrected chi connectivity index (χ4v) is 11.4. The highest BCUT2D eigenvalue weighted by Gasteiger charge is 2.08. The van der Waals surface area contributed by atoms with Crippen molar-refractivity contribution in [3.63, 3.8) is 0 Å². The molecular weight excluding hydrogens is 1400 g/mol. The molecule has 15 heteroatoms. The van der Waals surface area contributed by atoms with Crippen LogP contribution in [-0.4, -0.2) is 74.8 Å². The molecule has 0 atom stereocenters. The quantitative estimate of drug-likeness (QED) is 0.161. The van der Waals surface area contributed by atoms with Crippen molar-refractivity contribution < 1.29 is 0 Å². The van der Waals surface area contributed by atoms with Gasteiger partial charge in [-0.05, 0) is 177 Å². The van der Waals surface area contributed by atoms with Crippen molar-refractivity contribution in [1.29, 1.82) is 0 Å². The predicted octanol–water partition coefficient (Wildman–Crippen LogP) is 23.3. The molecule has 0 amide bonds. The van der Waals surface area contributed by atoms with Crippen molar-refractivity contribution in [1.82, 2.24) is 74.8 Å². The van der Waals surface area contributed by atoms with Crippen LogP contribution in [-0.2, 0) is 0 Å². The second-order valence-corrected chi connectivity index (χ2v) is 26.0. The van der Waals surface area contributed by atoms with E-state index >= 15 is 0 Å². The SMILES string of the molecule is Cc1cc(-c2ccccc2)nc2ccccc12.Cc1ccc2ccccc2n1.Cc1ccc2ncccc2c1.Cc1cccc(-c2ccccc2)n1.Cc1cccc2ncccc12.Cc1ccccn1.Cc1nc(-c2ccccc2)c2ccccc2n1.Cc1nccc(-c2ccccc2)n1.Cc1ncccn1.Cc1ncncn1. The Hall–Kier alpha value is -14.6. The fraction of sp³-hybridized carbons (Fsp3) is 0.101. The Bertz CT molecular complexity index is 5790. The lowest BCUT2D eigenvalue weighted by atomic mass is 10.1. The molecule has 562 valence electrons. The monoisotopic (exact) mass is 1490 g/mol. The molecular formula is C99H91N15. The maximum Gasteiger partial charge on any atom is 0.128 e. The van der Waals surface area contributed by atoms with Gasteiger partial charge < -0.3 is 0 Å². The van der Waals surface area contributed by atoms with Gasteiger partial charge in [0.25, 0.3) is 0 Å². The fourth-order valence-electron chi connectivity index (χ4n) is 11.4. The summed E-state index contributed by atoms with van der Waals surface area (Å²) >= 11 is 0. The Balaban J connectivity index is 0.000000136. The molecule has 9 aromatic carbocycles. The number of aryl methyl sites for hydroxylation is 10. The number of hydrogen-bond acceptors (Lipinski definition) is 15. The number of pyridine rings is 6. The van der Waals surface area contributed by atoms with Crippen molar-refractivity contribution in [2.45, 2.75) is 69.2 Å². The van der Waals surface area contributed by atoms with Gasteiger partial charge in [0.2, 0.25) is 0 Å². The van der Waals surface area contributed by atoms with Gasteiger partial charge >= 0.3 is 0 Å². The van der Waals surface area contributed by atoms with Gasteiger partial charge in [-0.25, -0.2) is 49.8 Å². The Kier molecular flexibility index (Phi) is 31.8. The Morgan fingerprint density at radius 2 is 0.684 bits per heavy atom. The molecule has 0 unspecified atom stereocenters. The zero-order valence-electron chi connectivity index (χ0n) is 65.9. The van der Waals surface area contributed by atoms with E-state index in [1.54, 1.807) is 30.9 Å². The van der Waals surface area contributed by atoms with Gasteiger partial charge in [-0.2, -0.15) is 0 Å². The van der Waals surface area contributed by atoms with Crippen LogP contribution >= 0.6 is 0 Å². The van der Waals surface area contributed by atoms with E-state index in [1.807, 2.05) is 267 Å². The number of hydrogen-bond donors (Lipinski definition) is 0. The second kappa shape index (κ2) is 44.2.